The van der Waals surface area contributed by atoms with Gasteiger partial charge in [-0.25, -0.2) is 5.26 Å². The predicted molar refractivity (Wildman–Crippen MR) is 98.1 cm³/mol. The molecule has 1 aromatic carbocycles. The lowest BCUT2D eigenvalue weighted by Gasteiger charge is -2.39. The molecule has 0 aliphatic carbocycles. The lowest BCUT2D eigenvalue weighted by Crippen LogP contribution is -2.47. The minimum Gasteiger partial charge on any atom is -0.312 e. The highest BCUT2D eigenvalue weighted by atomic mass is 32.2. The Morgan fingerprint density at radius 1 is 1.28 bits per heavy atom. The van der Waals surface area contributed by atoms with Gasteiger partial charge in [-0.05, 0) is 45.2 Å². The van der Waals surface area contributed by atoms with E-state index < -0.39 is 6.04 Å². The van der Waals surface area contributed by atoms with Crippen molar-refractivity contribution >= 4 is 24.3 Å². The zero-order chi connectivity index (χ0) is 18.4. The summed E-state index contributed by atoms with van der Waals surface area (Å²) in [7, 11) is 0. The Hall–Kier alpha value is -1.16. The molecule has 2 N–H and O–H groups in total. The van der Waals surface area contributed by atoms with Gasteiger partial charge in [-0.3, -0.25) is 4.79 Å². The molecule has 0 aromatic heterocycles. The number of hydroxylamine groups is 1. The van der Waals surface area contributed by atoms with Crippen LogP contribution in [-0.2, 0) is 9.13 Å². The van der Waals surface area contributed by atoms with Gasteiger partial charge in [0.15, 0.2) is 0 Å². The van der Waals surface area contributed by atoms with Crippen molar-refractivity contribution in [2.75, 3.05) is 18.0 Å². The van der Waals surface area contributed by atoms with E-state index in [1.165, 1.54) is 0 Å². The Morgan fingerprint density at radius 3 is 2.48 bits per heavy atom. The number of para-hydroxylation sites is 1. The maximum Gasteiger partial charge on any atom is 0.214 e. The molecule has 1 fully saturated rings. The van der Waals surface area contributed by atoms with Crippen LogP contribution >= 0.6 is 12.2 Å². The number of hydrogen-bond donors (Lipinski definition) is 2. The van der Waals surface area contributed by atoms with Crippen molar-refractivity contribution in [3.63, 3.8) is 0 Å². The van der Waals surface area contributed by atoms with Crippen LogP contribution in [0, 0.1) is 0 Å². The van der Waals surface area contributed by atoms with Crippen LogP contribution in [0.25, 0.3) is 0 Å². The largest absolute Gasteiger partial charge is 0.312 e. The van der Waals surface area contributed by atoms with Crippen molar-refractivity contribution in [3.05, 3.63) is 29.8 Å². The van der Waals surface area contributed by atoms with E-state index in [0.29, 0.717) is 18.3 Å². The molecular formula is C17H27N3O4S. The first-order chi connectivity index (χ1) is 12.0. The average molecular weight is 369 g/mol. The van der Waals surface area contributed by atoms with Gasteiger partial charge in [0.2, 0.25) is 6.41 Å². The van der Waals surface area contributed by atoms with Crippen LogP contribution in [0.15, 0.2) is 24.3 Å². The highest BCUT2D eigenvalue weighted by Crippen LogP contribution is 2.34. The lowest BCUT2D eigenvalue weighted by molar-refractivity contribution is -0.137. The maximum atomic E-state index is 11.9. The summed E-state index contributed by atoms with van der Waals surface area (Å²) in [6.07, 6.45) is 2.70. The Labute approximate surface area is 153 Å². The second kappa shape index (κ2) is 9.51. The Balaban J connectivity index is 2.20. The van der Waals surface area contributed by atoms with Gasteiger partial charge < -0.3 is 15.0 Å². The quantitative estimate of drug-likeness (QED) is 0.239. The van der Waals surface area contributed by atoms with E-state index in [0.717, 1.165) is 48.1 Å². The number of amides is 1. The van der Waals surface area contributed by atoms with Crippen LogP contribution in [0.4, 0.5) is 5.69 Å². The van der Waals surface area contributed by atoms with Gasteiger partial charge in [-0.15, -0.1) is 4.33 Å². The molecule has 1 atom stereocenters. The molecule has 0 spiro atoms. The van der Waals surface area contributed by atoms with Crippen molar-refractivity contribution in [2.24, 2.45) is 0 Å². The van der Waals surface area contributed by atoms with Gasteiger partial charge in [0.1, 0.15) is 12.2 Å². The van der Waals surface area contributed by atoms with E-state index in [-0.39, 0.29) is 6.04 Å². The smallest absolute Gasteiger partial charge is 0.214 e. The Kier molecular flexibility index (Phi) is 7.67. The topological polar surface area (TPSA) is 76.5 Å². The molecular weight excluding hydrogens is 342 g/mol. The fourth-order valence-electron chi connectivity index (χ4n) is 3.31. The molecule has 1 unspecified atom stereocenters. The molecule has 1 aliphatic rings. The monoisotopic (exact) mass is 369 g/mol. The fourth-order valence-corrected chi connectivity index (χ4v) is 3.62. The standard InChI is InChI=1S/C17H27N3O4S/c1-13(2)18-10-8-15(9-11-18)19(12-21)17-7-5-4-6-16(17)14(3)20(22)25-24-23/h4-7,12-15,22-23H,8-11H2,1-3H3. The first-order valence-corrected chi connectivity index (χ1v) is 9.22. The molecule has 1 heterocycles. The minimum atomic E-state index is -0.466. The minimum absolute atomic E-state index is 0.134. The summed E-state index contributed by atoms with van der Waals surface area (Å²) in [5, 5.41) is 18.5. The van der Waals surface area contributed by atoms with Gasteiger partial charge in [-0.1, -0.05) is 22.7 Å². The maximum absolute atomic E-state index is 11.9. The first kappa shape index (κ1) is 20.2. The van der Waals surface area contributed by atoms with Crippen LogP contribution in [0.5, 0.6) is 0 Å². The third kappa shape index (κ3) is 4.93. The summed E-state index contributed by atoms with van der Waals surface area (Å²) in [5.41, 5.74) is 1.55. The SMILES string of the molecule is CC(C)N1CCC(N(C=O)c2ccccc2C(C)N(O)SOO)CC1. The average Bonchev–Trinajstić information content (AvgIpc) is 2.63. The number of carbonyl (C=O) groups excluding carboxylic acids is 1. The van der Waals surface area contributed by atoms with Crippen LogP contribution in [0.2, 0.25) is 0 Å². The second-order valence-corrected chi connectivity index (χ2v) is 7.23. The number of piperidine rings is 1. The molecule has 140 valence electrons. The zero-order valence-corrected chi connectivity index (χ0v) is 15.7. The summed E-state index contributed by atoms with van der Waals surface area (Å²) in [6, 6.07) is 7.66. The molecule has 0 saturated carbocycles. The number of anilines is 1. The van der Waals surface area contributed by atoms with Gasteiger partial charge in [0.05, 0.1) is 6.04 Å². The molecule has 0 bridgehead atoms. The molecule has 1 amide bonds. The van der Waals surface area contributed by atoms with E-state index >= 15 is 0 Å². The number of carbonyl (C=O) groups is 1. The molecule has 0 radical (unpaired) electrons. The Bertz CT molecular complexity index is 552. The van der Waals surface area contributed by atoms with Crippen LogP contribution in [0.3, 0.4) is 0 Å². The zero-order valence-electron chi connectivity index (χ0n) is 14.9. The molecule has 7 nitrogen and oxygen atoms in total. The molecule has 1 aliphatic heterocycles. The van der Waals surface area contributed by atoms with Crippen molar-refractivity contribution in [1.29, 1.82) is 0 Å². The van der Waals surface area contributed by atoms with Crippen LogP contribution < -0.4 is 4.90 Å². The number of nitrogens with zero attached hydrogens (tertiary/aromatic N) is 3. The van der Waals surface area contributed by atoms with E-state index in [4.69, 9.17) is 5.26 Å². The van der Waals surface area contributed by atoms with Crippen LogP contribution in [0.1, 0.15) is 45.2 Å². The van der Waals surface area contributed by atoms with Gasteiger partial charge in [0, 0.05) is 30.9 Å². The summed E-state index contributed by atoms with van der Waals surface area (Å²) in [6.45, 7) is 8.07. The molecule has 25 heavy (non-hydrogen) atoms. The molecule has 2 rings (SSSR count). The lowest BCUT2D eigenvalue weighted by atomic mass is 9.99. The third-order valence-electron chi connectivity index (χ3n) is 4.84. The van der Waals surface area contributed by atoms with Gasteiger partial charge >= 0.3 is 0 Å². The predicted octanol–water partition coefficient (Wildman–Crippen LogP) is 3.33. The van der Waals surface area contributed by atoms with Crippen molar-refractivity contribution in [2.45, 2.75) is 51.7 Å². The summed E-state index contributed by atoms with van der Waals surface area (Å²) in [4.78, 5) is 16.0. The summed E-state index contributed by atoms with van der Waals surface area (Å²) in [5.74, 6) is 0. The van der Waals surface area contributed by atoms with Crippen molar-refractivity contribution < 1.29 is 19.6 Å². The summed E-state index contributed by atoms with van der Waals surface area (Å²) < 4.78 is 4.74. The number of benzene rings is 1. The second-order valence-electron chi connectivity index (χ2n) is 6.56. The van der Waals surface area contributed by atoms with E-state index in [9.17, 15) is 10.0 Å². The number of rotatable bonds is 8. The molecule has 1 aromatic rings. The van der Waals surface area contributed by atoms with Crippen molar-refractivity contribution in [3.8, 4) is 0 Å². The van der Waals surface area contributed by atoms with Crippen molar-refractivity contribution in [1.82, 2.24) is 9.37 Å². The summed E-state index contributed by atoms with van der Waals surface area (Å²) >= 11 is 0.432. The van der Waals surface area contributed by atoms with Gasteiger partial charge in [-0.2, -0.15) is 0 Å². The van der Waals surface area contributed by atoms with E-state index in [2.05, 4.69) is 23.1 Å². The van der Waals surface area contributed by atoms with Gasteiger partial charge in [0.25, 0.3) is 0 Å². The normalized spacial score (nSPS) is 17.9. The highest BCUT2D eigenvalue weighted by molar-refractivity contribution is 7.92. The van der Waals surface area contributed by atoms with Crippen LogP contribution in [-0.4, -0.2) is 51.4 Å². The third-order valence-corrected chi connectivity index (χ3v) is 5.38. The molecule has 8 heteroatoms. The van der Waals surface area contributed by atoms with E-state index in [1.807, 2.05) is 24.3 Å². The fraction of sp³-hybridized carbons (Fsp3) is 0.588. The van der Waals surface area contributed by atoms with E-state index in [1.54, 1.807) is 11.8 Å². The Morgan fingerprint density at radius 2 is 1.92 bits per heavy atom. The number of likely N-dealkylation sites (tertiary alicyclic amines) is 1. The molecule has 1 saturated heterocycles. The first-order valence-electron chi connectivity index (χ1n) is 8.52. The number of hydrogen-bond acceptors (Lipinski definition) is 7. The highest BCUT2D eigenvalue weighted by Gasteiger charge is 2.28.